The Labute approximate surface area is 83.0 Å². The molecule has 0 saturated carbocycles. The molecule has 0 unspecified atom stereocenters. The van der Waals surface area contributed by atoms with E-state index in [1.54, 1.807) is 14.8 Å². The van der Waals surface area contributed by atoms with Gasteiger partial charge in [0.15, 0.2) is 0 Å². The lowest BCUT2D eigenvalue weighted by Gasteiger charge is -2.00. The number of aryl methyl sites for hydroxylation is 2. The average molecular weight is 221 g/mol. The Hall–Kier alpha value is 0.466. The molecule has 0 amide bonds. The van der Waals surface area contributed by atoms with Crippen LogP contribution in [0.2, 0.25) is 0 Å². The van der Waals surface area contributed by atoms with Gasteiger partial charge in [-0.2, -0.15) is 3.69 Å². The SMILES string of the molecule is [Br][Mg][c]1ccc2c(c1)CCC2. The molecule has 0 saturated heterocycles. The number of rotatable bonds is 1. The van der Waals surface area contributed by atoms with Gasteiger partial charge in [0.25, 0.3) is 0 Å². The van der Waals surface area contributed by atoms with E-state index in [1.165, 1.54) is 19.3 Å². The van der Waals surface area contributed by atoms with Crippen LogP contribution in [0.15, 0.2) is 18.2 Å². The van der Waals surface area contributed by atoms with Crippen molar-refractivity contribution in [3.8, 4) is 0 Å². The Balaban J connectivity index is 2.41. The van der Waals surface area contributed by atoms with Gasteiger partial charge in [0.2, 0.25) is 0 Å². The zero-order chi connectivity index (χ0) is 7.68. The fraction of sp³-hybridized carbons (Fsp3) is 0.333. The predicted molar refractivity (Wildman–Crippen MR) is 52.8 cm³/mol. The van der Waals surface area contributed by atoms with Crippen LogP contribution in [0.4, 0.5) is 0 Å². The summed E-state index contributed by atoms with van der Waals surface area (Å²) in [6.07, 6.45) is 3.98. The Morgan fingerprint density at radius 2 is 2.00 bits per heavy atom. The Morgan fingerprint density at radius 1 is 1.18 bits per heavy atom. The minimum absolute atomic E-state index is 0.115. The van der Waals surface area contributed by atoms with E-state index in [-0.39, 0.29) is 18.2 Å². The van der Waals surface area contributed by atoms with Gasteiger partial charge < -0.3 is 0 Å². The van der Waals surface area contributed by atoms with Crippen LogP contribution in [-0.2, 0) is 12.8 Å². The van der Waals surface area contributed by atoms with Gasteiger partial charge >= 0.3 is 18.2 Å². The van der Waals surface area contributed by atoms with Gasteiger partial charge in [0, 0.05) is 0 Å². The summed E-state index contributed by atoms with van der Waals surface area (Å²) in [4.78, 5) is 0. The number of hydrogen-bond acceptors (Lipinski definition) is 0. The van der Waals surface area contributed by atoms with Crippen LogP contribution < -0.4 is 3.69 Å². The first-order valence-electron chi connectivity index (χ1n) is 4.07. The summed E-state index contributed by atoms with van der Waals surface area (Å²) >= 11 is 3.49. The maximum Gasteiger partial charge on any atom is 0.506 e. The van der Waals surface area contributed by atoms with Crippen molar-refractivity contribution < 1.29 is 0 Å². The molecule has 54 valence electrons. The van der Waals surface area contributed by atoms with Crippen molar-refractivity contribution >= 4 is 34.8 Å². The van der Waals surface area contributed by atoms with Gasteiger partial charge in [-0.1, -0.05) is 18.2 Å². The second-order valence-corrected chi connectivity index (χ2v) is 5.86. The summed E-state index contributed by atoms with van der Waals surface area (Å²) in [6.45, 7) is 0. The molecule has 0 bridgehead atoms. The Kier molecular flexibility index (Phi) is 2.54. The summed E-state index contributed by atoms with van der Waals surface area (Å²) in [5.74, 6) is 0. The third-order valence-corrected chi connectivity index (χ3v) is 5.01. The highest BCUT2D eigenvalue weighted by atomic mass is 79.9. The van der Waals surface area contributed by atoms with Gasteiger partial charge in [-0.05, 0) is 30.4 Å². The molecule has 0 radical (unpaired) electrons. The van der Waals surface area contributed by atoms with E-state index < -0.39 is 0 Å². The molecular weight excluding hydrogens is 212 g/mol. The quantitative estimate of drug-likeness (QED) is 0.635. The smallest absolute Gasteiger partial charge is 0.296 e. The number of hydrogen-bond donors (Lipinski definition) is 0. The van der Waals surface area contributed by atoms with E-state index in [1.807, 2.05) is 0 Å². The number of halogens is 1. The fourth-order valence-corrected chi connectivity index (χ4v) is 3.29. The molecule has 0 aromatic heterocycles. The molecule has 1 aliphatic rings. The lowest BCUT2D eigenvalue weighted by Crippen LogP contribution is -2.08. The number of benzene rings is 1. The van der Waals surface area contributed by atoms with Gasteiger partial charge in [0.1, 0.15) is 0 Å². The van der Waals surface area contributed by atoms with Crippen LogP contribution in [0, 0.1) is 0 Å². The number of fused-ring (bicyclic) bond motifs is 1. The molecule has 0 aliphatic heterocycles. The zero-order valence-corrected chi connectivity index (χ0v) is 9.44. The molecule has 2 heteroatoms. The largest absolute Gasteiger partial charge is 0.506 e. The molecule has 2 rings (SSSR count). The molecule has 0 N–H and O–H groups in total. The molecule has 0 spiro atoms. The van der Waals surface area contributed by atoms with Crippen molar-refractivity contribution in [3.63, 3.8) is 0 Å². The molecule has 0 heterocycles. The Morgan fingerprint density at radius 3 is 2.82 bits per heavy atom. The van der Waals surface area contributed by atoms with Gasteiger partial charge in [0.05, 0.1) is 0 Å². The van der Waals surface area contributed by atoms with Crippen LogP contribution in [0.1, 0.15) is 17.5 Å². The van der Waals surface area contributed by atoms with Crippen LogP contribution >= 0.6 is 12.9 Å². The predicted octanol–water partition coefficient (Wildman–Crippen LogP) is 1.81. The highest BCUT2D eigenvalue weighted by Crippen LogP contribution is 2.19. The summed E-state index contributed by atoms with van der Waals surface area (Å²) in [7, 11) is 0. The van der Waals surface area contributed by atoms with E-state index in [4.69, 9.17) is 0 Å². The molecule has 0 nitrogen and oxygen atoms in total. The summed E-state index contributed by atoms with van der Waals surface area (Å²) in [5.41, 5.74) is 3.19. The van der Waals surface area contributed by atoms with Crippen molar-refractivity contribution in [2.75, 3.05) is 0 Å². The maximum atomic E-state index is 3.60. The van der Waals surface area contributed by atoms with Gasteiger partial charge in [-0.3, -0.25) is 12.9 Å². The van der Waals surface area contributed by atoms with Crippen molar-refractivity contribution in [2.24, 2.45) is 0 Å². The monoisotopic (exact) mass is 220 g/mol. The normalized spacial score (nSPS) is 14.3. The van der Waals surface area contributed by atoms with Crippen LogP contribution in [0.3, 0.4) is 0 Å². The first-order valence-corrected chi connectivity index (χ1v) is 8.67. The molecule has 11 heavy (non-hydrogen) atoms. The van der Waals surface area contributed by atoms with Crippen molar-refractivity contribution in [3.05, 3.63) is 29.3 Å². The topological polar surface area (TPSA) is 0 Å². The van der Waals surface area contributed by atoms with Crippen LogP contribution in [0.5, 0.6) is 0 Å². The lowest BCUT2D eigenvalue weighted by molar-refractivity contribution is 0.912. The molecule has 1 aromatic carbocycles. The van der Waals surface area contributed by atoms with E-state index in [0.717, 1.165) is 0 Å². The van der Waals surface area contributed by atoms with E-state index in [2.05, 4.69) is 31.1 Å². The minimum Gasteiger partial charge on any atom is -0.296 e. The lowest BCUT2D eigenvalue weighted by atomic mass is 10.1. The highest BCUT2D eigenvalue weighted by molar-refractivity contribution is 9.23. The van der Waals surface area contributed by atoms with Crippen molar-refractivity contribution in [1.29, 1.82) is 0 Å². The molecule has 0 atom stereocenters. The highest BCUT2D eigenvalue weighted by Gasteiger charge is 2.10. The first kappa shape index (κ1) is 8.08. The van der Waals surface area contributed by atoms with Crippen LogP contribution in [0.25, 0.3) is 0 Å². The van der Waals surface area contributed by atoms with E-state index in [0.29, 0.717) is 0 Å². The van der Waals surface area contributed by atoms with Gasteiger partial charge in [-0.25, -0.2) is 0 Å². The average Bonchev–Trinajstić information content (AvgIpc) is 2.50. The molecule has 0 fully saturated rings. The Bertz CT molecular complexity index is 270. The summed E-state index contributed by atoms with van der Waals surface area (Å²) < 4.78 is 1.55. The summed E-state index contributed by atoms with van der Waals surface area (Å²) in [5, 5.41) is 0. The standard InChI is InChI=1S/C9H9.BrH.Mg/c1-2-5-9-7-3-6-8(9)4-1;;/h1,4-5H,3,6-7H2;1H;/q;;+1/p-1. The third-order valence-electron chi connectivity index (χ3n) is 2.32. The van der Waals surface area contributed by atoms with Crippen LogP contribution in [-0.4, -0.2) is 18.2 Å². The molecule has 1 aromatic rings. The minimum atomic E-state index is -0.115. The second-order valence-electron chi connectivity index (χ2n) is 3.09. The zero-order valence-electron chi connectivity index (χ0n) is 6.44. The fourth-order valence-electron chi connectivity index (χ4n) is 1.71. The van der Waals surface area contributed by atoms with E-state index in [9.17, 15) is 0 Å². The second kappa shape index (κ2) is 3.46. The van der Waals surface area contributed by atoms with Crippen molar-refractivity contribution in [1.82, 2.24) is 0 Å². The van der Waals surface area contributed by atoms with Gasteiger partial charge in [-0.15, -0.1) is 0 Å². The molecule has 1 aliphatic carbocycles. The third kappa shape index (κ3) is 1.63. The first-order chi connectivity index (χ1) is 5.40. The maximum absolute atomic E-state index is 3.60. The molecular formula is C9H9BrMg. The summed E-state index contributed by atoms with van der Waals surface area (Å²) in [6, 6.07) is 6.99. The van der Waals surface area contributed by atoms with E-state index >= 15 is 0 Å². The van der Waals surface area contributed by atoms with Crippen molar-refractivity contribution in [2.45, 2.75) is 19.3 Å².